The van der Waals surface area contributed by atoms with Crippen molar-refractivity contribution in [2.24, 2.45) is 0 Å². The van der Waals surface area contributed by atoms with Gasteiger partial charge in [0.1, 0.15) is 5.01 Å². The standard InChI is InChI=1S/C15H28N4S/c1-4-6-16-11-14-13(5-2)17-15(20-14)12-19-9-7-18(3)8-10-19/h16H,4-12H2,1-3H3. The van der Waals surface area contributed by atoms with E-state index in [0.717, 1.165) is 26.1 Å². The lowest BCUT2D eigenvalue weighted by molar-refractivity contribution is 0.148. The van der Waals surface area contributed by atoms with Crippen molar-refractivity contribution in [3.63, 3.8) is 0 Å². The van der Waals surface area contributed by atoms with Gasteiger partial charge in [0.15, 0.2) is 0 Å². The highest BCUT2D eigenvalue weighted by atomic mass is 32.1. The maximum atomic E-state index is 4.84. The number of rotatable bonds is 7. The van der Waals surface area contributed by atoms with Crippen molar-refractivity contribution in [2.45, 2.75) is 39.8 Å². The number of thiazole rings is 1. The average Bonchev–Trinajstić information content (AvgIpc) is 2.84. The van der Waals surface area contributed by atoms with Crippen LogP contribution in [0.25, 0.3) is 0 Å². The molecule has 4 nitrogen and oxygen atoms in total. The molecule has 1 aliphatic rings. The molecule has 0 bridgehead atoms. The summed E-state index contributed by atoms with van der Waals surface area (Å²) in [5.74, 6) is 0. The predicted molar refractivity (Wildman–Crippen MR) is 86.3 cm³/mol. The van der Waals surface area contributed by atoms with Gasteiger partial charge in [0.05, 0.1) is 12.2 Å². The number of aryl methyl sites for hydroxylation is 1. The molecular weight excluding hydrogens is 268 g/mol. The van der Waals surface area contributed by atoms with Crippen molar-refractivity contribution in [1.29, 1.82) is 0 Å². The molecule has 1 saturated heterocycles. The molecule has 0 unspecified atom stereocenters. The molecule has 0 aromatic carbocycles. The highest BCUT2D eigenvalue weighted by Crippen LogP contribution is 2.21. The lowest BCUT2D eigenvalue weighted by Gasteiger charge is -2.31. The van der Waals surface area contributed by atoms with Crippen molar-refractivity contribution in [3.8, 4) is 0 Å². The van der Waals surface area contributed by atoms with Crippen LogP contribution in [-0.2, 0) is 19.5 Å². The molecule has 1 N–H and O–H groups in total. The summed E-state index contributed by atoms with van der Waals surface area (Å²) in [7, 11) is 2.20. The van der Waals surface area contributed by atoms with Gasteiger partial charge in [-0.3, -0.25) is 4.90 Å². The lowest BCUT2D eigenvalue weighted by atomic mass is 10.3. The van der Waals surface area contributed by atoms with Crippen molar-refractivity contribution in [1.82, 2.24) is 20.1 Å². The van der Waals surface area contributed by atoms with Gasteiger partial charge in [-0.25, -0.2) is 4.98 Å². The highest BCUT2D eigenvalue weighted by molar-refractivity contribution is 7.11. The quantitative estimate of drug-likeness (QED) is 0.779. The van der Waals surface area contributed by atoms with E-state index in [1.54, 1.807) is 0 Å². The molecule has 0 radical (unpaired) electrons. The zero-order chi connectivity index (χ0) is 14.4. The zero-order valence-corrected chi connectivity index (χ0v) is 13.9. The van der Waals surface area contributed by atoms with Crippen LogP contribution in [0.15, 0.2) is 0 Å². The van der Waals surface area contributed by atoms with Crippen LogP contribution in [0, 0.1) is 0 Å². The van der Waals surface area contributed by atoms with Gasteiger partial charge >= 0.3 is 0 Å². The van der Waals surface area contributed by atoms with E-state index < -0.39 is 0 Å². The summed E-state index contributed by atoms with van der Waals surface area (Å²) in [5, 5.41) is 4.79. The molecule has 2 heterocycles. The molecule has 0 saturated carbocycles. The van der Waals surface area contributed by atoms with Crippen LogP contribution in [0.5, 0.6) is 0 Å². The SMILES string of the molecule is CCCNCc1sc(CN2CCN(C)CC2)nc1CC. The summed E-state index contributed by atoms with van der Waals surface area (Å²) >= 11 is 1.90. The Kier molecular flexibility index (Phi) is 6.42. The first-order valence-electron chi connectivity index (χ1n) is 7.82. The van der Waals surface area contributed by atoms with E-state index >= 15 is 0 Å². The Bertz CT molecular complexity index is 397. The first-order valence-corrected chi connectivity index (χ1v) is 8.63. The van der Waals surface area contributed by atoms with Crippen LogP contribution >= 0.6 is 11.3 Å². The number of piperazine rings is 1. The topological polar surface area (TPSA) is 31.4 Å². The molecule has 1 aliphatic heterocycles. The number of hydrogen-bond acceptors (Lipinski definition) is 5. The number of hydrogen-bond donors (Lipinski definition) is 1. The van der Waals surface area contributed by atoms with Crippen molar-refractivity contribution >= 4 is 11.3 Å². The Labute approximate surface area is 127 Å². The summed E-state index contributed by atoms with van der Waals surface area (Å²) in [5.41, 5.74) is 1.29. The lowest BCUT2D eigenvalue weighted by Crippen LogP contribution is -2.43. The second-order valence-electron chi connectivity index (χ2n) is 5.59. The smallest absolute Gasteiger partial charge is 0.107 e. The van der Waals surface area contributed by atoms with E-state index in [1.807, 2.05) is 11.3 Å². The van der Waals surface area contributed by atoms with E-state index in [4.69, 9.17) is 4.98 Å². The van der Waals surface area contributed by atoms with Gasteiger partial charge in [-0.05, 0) is 26.4 Å². The largest absolute Gasteiger partial charge is 0.312 e. The third-order valence-electron chi connectivity index (χ3n) is 3.82. The molecular formula is C15H28N4S. The minimum absolute atomic E-state index is 0.984. The third-order valence-corrected chi connectivity index (χ3v) is 4.91. The number of nitrogens with zero attached hydrogens (tertiary/aromatic N) is 3. The molecule has 0 aliphatic carbocycles. The van der Waals surface area contributed by atoms with Crippen LogP contribution in [0.4, 0.5) is 0 Å². The zero-order valence-electron chi connectivity index (χ0n) is 13.1. The van der Waals surface area contributed by atoms with Gasteiger partial charge in [-0.15, -0.1) is 11.3 Å². The summed E-state index contributed by atoms with van der Waals surface area (Å²) in [6.45, 7) is 12.2. The molecule has 114 valence electrons. The van der Waals surface area contributed by atoms with Gasteiger partial charge in [-0.1, -0.05) is 13.8 Å². The minimum atomic E-state index is 0.984. The van der Waals surface area contributed by atoms with Gasteiger partial charge < -0.3 is 10.2 Å². The molecule has 0 spiro atoms. The summed E-state index contributed by atoms with van der Waals surface area (Å²) in [6, 6.07) is 0. The number of likely N-dealkylation sites (N-methyl/N-ethyl adjacent to an activating group) is 1. The van der Waals surface area contributed by atoms with Crippen molar-refractivity contribution in [3.05, 3.63) is 15.6 Å². The molecule has 2 rings (SSSR count). The molecule has 5 heteroatoms. The number of nitrogens with one attached hydrogen (secondary N) is 1. The van der Waals surface area contributed by atoms with Crippen LogP contribution in [0.2, 0.25) is 0 Å². The molecule has 0 atom stereocenters. The van der Waals surface area contributed by atoms with Crippen LogP contribution in [-0.4, -0.2) is 54.6 Å². The Morgan fingerprint density at radius 3 is 2.60 bits per heavy atom. The van der Waals surface area contributed by atoms with Gasteiger partial charge in [0, 0.05) is 37.6 Å². The van der Waals surface area contributed by atoms with Crippen LogP contribution < -0.4 is 5.32 Å². The Morgan fingerprint density at radius 2 is 1.95 bits per heavy atom. The fourth-order valence-electron chi connectivity index (χ4n) is 2.49. The molecule has 0 amide bonds. The molecule has 1 aromatic rings. The summed E-state index contributed by atoms with van der Waals surface area (Å²) in [4.78, 5) is 11.2. The van der Waals surface area contributed by atoms with Gasteiger partial charge in [0.25, 0.3) is 0 Å². The normalized spacial score (nSPS) is 17.8. The maximum absolute atomic E-state index is 4.84. The van der Waals surface area contributed by atoms with E-state index in [1.165, 1.54) is 48.2 Å². The average molecular weight is 296 g/mol. The highest BCUT2D eigenvalue weighted by Gasteiger charge is 2.16. The fourth-order valence-corrected chi connectivity index (χ4v) is 3.66. The Morgan fingerprint density at radius 1 is 1.20 bits per heavy atom. The van der Waals surface area contributed by atoms with E-state index in [-0.39, 0.29) is 0 Å². The minimum Gasteiger partial charge on any atom is -0.312 e. The van der Waals surface area contributed by atoms with Crippen molar-refractivity contribution in [2.75, 3.05) is 39.8 Å². The van der Waals surface area contributed by atoms with E-state index in [2.05, 4.69) is 36.0 Å². The van der Waals surface area contributed by atoms with Gasteiger partial charge in [-0.2, -0.15) is 0 Å². The Balaban J connectivity index is 1.91. The Hall–Kier alpha value is -0.490. The third kappa shape index (κ3) is 4.52. The monoisotopic (exact) mass is 296 g/mol. The molecule has 1 fully saturated rings. The van der Waals surface area contributed by atoms with Crippen molar-refractivity contribution < 1.29 is 0 Å². The first kappa shape index (κ1) is 15.9. The second kappa shape index (κ2) is 8.08. The molecule has 20 heavy (non-hydrogen) atoms. The number of aromatic nitrogens is 1. The predicted octanol–water partition coefficient (Wildman–Crippen LogP) is 1.95. The molecule has 1 aromatic heterocycles. The summed E-state index contributed by atoms with van der Waals surface area (Å²) in [6.07, 6.45) is 2.23. The summed E-state index contributed by atoms with van der Waals surface area (Å²) < 4.78 is 0. The second-order valence-corrected chi connectivity index (χ2v) is 6.76. The van der Waals surface area contributed by atoms with E-state index in [9.17, 15) is 0 Å². The van der Waals surface area contributed by atoms with Gasteiger partial charge in [0.2, 0.25) is 0 Å². The first-order chi connectivity index (χ1) is 9.72. The maximum Gasteiger partial charge on any atom is 0.107 e. The van der Waals surface area contributed by atoms with Crippen LogP contribution in [0.3, 0.4) is 0 Å². The van der Waals surface area contributed by atoms with E-state index in [0.29, 0.717) is 0 Å². The van der Waals surface area contributed by atoms with Crippen LogP contribution in [0.1, 0.15) is 35.8 Å². The fraction of sp³-hybridized carbons (Fsp3) is 0.800.